The van der Waals surface area contributed by atoms with Gasteiger partial charge in [-0.1, -0.05) is 32.0 Å². The van der Waals surface area contributed by atoms with E-state index < -0.39 is 22.0 Å². The first-order valence-electron chi connectivity index (χ1n) is 11.1. The highest BCUT2D eigenvalue weighted by Gasteiger charge is 2.47. The summed E-state index contributed by atoms with van der Waals surface area (Å²) in [5, 5.41) is 1.69. The third kappa shape index (κ3) is 5.04. The molecule has 2 aromatic rings. The molecule has 0 aliphatic carbocycles. The summed E-state index contributed by atoms with van der Waals surface area (Å²) >= 11 is 1.11. The van der Waals surface area contributed by atoms with Crippen LogP contribution in [0.1, 0.15) is 31.7 Å². The van der Waals surface area contributed by atoms with E-state index in [0.717, 1.165) is 21.8 Å². The lowest BCUT2D eigenvalue weighted by Crippen LogP contribution is -2.49. The lowest BCUT2D eigenvalue weighted by molar-refractivity contribution is -0.122. The van der Waals surface area contributed by atoms with E-state index in [1.807, 2.05) is 12.1 Å². The molecule has 2 aliphatic heterocycles. The van der Waals surface area contributed by atoms with Crippen LogP contribution in [0.25, 0.3) is 0 Å². The zero-order valence-corrected chi connectivity index (χ0v) is 20.5. The number of ether oxygens (including phenoxy) is 1. The molecule has 1 aromatic carbocycles. The number of amides is 2. The van der Waals surface area contributed by atoms with Gasteiger partial charge >= 0.3 is 0 Å². The molecule has 4 rings (SSSR count). The maximum absolute atomic E-state index is 13.5. The van der Waals surface area contributed by atoms with Gasteiger partial charge < -0.3 is 4.74 Å². The van der Waals surface area contributed by atoms with E-state index in [1.165, 1.54) is 10.4 Å². The molecule has 1 aromatic heterocycles. The van der Waals surface area contributed by atoms with Crippen LogP contribution in [-0.2, 0) is 24.3 Å². The number of imide groups is 1. The van der Waals surface area contributed by atoms with Crippen molar-refractivity contribution >= 4 is 38.9 Å². The quantitative estimate of drug-likeness (QED) is 0.528. The molecule has 2 fully saturated rings. The van der Waals surface area contributed by atoms with E-state index >= 15 is 0 Å². The van der Waals surface area contributed by atoms with Crippen molar-refractivity contribution in [1.82, 2.24) is 9.21 Å². The van der Waals surface area contributed by atoms with Crippen molar-refractivity contribution < 1.29 is 22.7 Å². The summed E-state index contributed by atoms with van der Waals surface area (Å²) in [5.41, 5.74) is 1.57. The number of rotatable bonds is 8. The van der Waals surface area contributed by atoms with Gasteiger partial charge in [0.2, 0.25) is 5.91 Å². The minimum atomic E-state index is -3.93. The predicted octanol–water partition coefficient (Wildman–Crippen LogP) is 2.53. The van der Waals surface area contributed by atoms with Crippen molar-refractivity contribution in [2.24, 2.45) is 0 Å². The van der Waals surface area contributed by atoms with Crippen molar-refractivity contribution in [1.29, 1.82) is 0 Å². The fourth-order valence-corrected chi connectivity index (χ4v) is 6.85. The number of anilines is 1. The number of carbonyl (C=O) groups excluding carboxylic acids is 2. The van der Waals surface area contributed by atoms with Crippen LogP contribution < -0.4 is 4.90 Å². The summed E-state index contributed by atoms with van der Waals surface area (Å²) in [4.78, 5) is 29.6. The summed E-state index contributed by atoms with van der Waals surface area (Å²) < 4.78 is 33.7. The van der Waals surface area contributed by atoms with Crippen LogP contribution in [0.2, 0.25) is 0 Å². The minimum Gasteiger partial charge on any atom is -0.379 e. The van der Waals surface area contributed by atoms with Gasteiger partial charge in [-0.05, 0) is 35.1 Å². The van der Waals surface area contributed by atoms with Crippen LogP contribution in [0.4, 0.5) is 5.69 Å². The number of nitrogens with zero attached hydrogens (tertiary/aromatic N) is 3. The van der Waals surface area contributed by atoms with Crippen LogP contribution in [0.15, 0.2) is 46.0 Å². The van der Waals surface area contributed by atoms with E-state index in [2.05, 4.69) is 18.7 Å². The van der Waals surface area contributed by atoms with Gasteiger partial charge in [-0.2, -0.15) is 4.31 Å². The highest BCUT2D eigenvalue weighted by Crippen LogP contribution is 2.31. The molecule has 0 radical (unpaired) electrons. The Balaban J connectivity index is 1.60. The van der Waals surface area contributed by atoms with Gasteiger partial charge in [0.25, 0.3) is 15.9 Å². The van der Waals surface area contributed by atoms with Crippen LogP contribution >= 0.6 is 11.3 Å². The summed E-state index contributed by atoms with van der Waals surface area (Å²) in [6.45, 7) is 7.34. The third-order valence-electron chi connectivity index (χ3n) is 6.09. The van der Waals surface area contributed by atoms with Gasteiger partial charge in [0, 0.05) is 26.2 Å². The number of hydrogen-bond acceptors (Lipinski definition) is 7. The molecule has 0 N–H and O–H groups in total. The number of thiophene rings is 1. The first-order valence-corrected chi connectivity index (χ1v) is 13.4. The largest absolute Gasteiger partial charge is 0.379 e. The van der Waals surface area contributed by atoms with Crippen molar-refractivity contribution in [3.8, 4) is 0 Å². The fraction of sp³-hybridized carbons (Fsp3) is 0.478. The Hall–Kier alpha value is -2.11. The molecular weight excluding hydrogens is 462 g/mol. The molecule has 1 unspecified atom stereocenters. The average molecular weight is 492 g/mol. The highest BCUT2D eigenvalue weighted by molar-refractivity contribution is 7.91. The Morgan fingerprint density at radius 3 is 2.42 bits per heavy atom. The number of benzene rings is 1. The topological polar surface area (TPSA) is 87.2 Å². The summed E-state index contributed by atoms with van der Waals surface area (Å²) in [5.74, 6) is -0.567. The first kappa shape index (κ1) is 24.0. The Labute approximate surface area is 198 Å². The molecule has 2 amide bonds. The van der Waals surface area contributed by atoms with Crippen LogP contribution in [0.3, 0.4) is 0 Å². The molecule has 0 saturated carbocycles. The fourth-order valence-electron chi connectivity index (χ4n) is 4.15. The molecule has 1 atom stereocenters. The molecule has 10 heteroatoms. The molecule has 33 heavy (non-hydrogen) atoms. The molecule has 3 heterocycles. The lowest BCUT2D eigenvalue weighted by atomic mass is 10.0. The second kappa shape index (κ2) is 10.0. The highest BCUT2D eigenvalue weighted by atomic mass is 32.2. The minimum absolute atomic E-state index is 0.129. The smallest absolute Gasteiger partial charge is 0.253 e. The summed E-state index contributed by atoms with van der Waals surface area (Å²) in [7, 11) is -3.93. The maximum Gasteiger partial charge on any atom is 0.253 e. The average Bonchev–Trinajstić information content (AvgIpc) is 3.44. The summed E-state index contributed by atoms with van der Waals surface area (Å²) in [6, 6.07) is 9.43. The number of hydrogen-bond donors (Lipinski definition) is 0. The number of sulfonamides is 1. The van der Waals surface area contributed by atoms with Crippen molar-refractivity contribution in [2.75, 3.05) is 44.3 Å². The van der Waals surface area contributed by atoms with Crippen molar-refractivity contribution in [3.05, 3.63) is 47.3 Å². The standard InChI is InChI=1S/C23H29N3O5S2/c1-17(2)18-5-7-19(8-6-18)26-21(27)16-20(23(26)28)25(10-9-24-11-13-31-14-12-24)33(29,30)22-4-3-15-32-22/h3-8,15,17,20H,9-14,16H2,1-2H3. The molecule has 0 spiro atoms. The molecule has 178 valence electrons. The van der Waals surface area contributed by atoms with Gasteiger partial charge in [-0.3, -0.25) is 14.5 Å². The number of morpholine rings is 1. The van der Waals surface area contributed by atoms with Crippen LogP contribution in [0.5, 0.6) is 0 Å². The molecule has 2 aliphatic rings. The van der Waals surface area contributed by atoms with E-state index in [4.69, 9.17) is 4.74 Å². The first-order chi connectivity index (χ1) is 15.8. The second-order valence-corrected chi connectivity index (χ2v) is 11.6. The molecular formula is C23H29N3O5S2. The van der Waals surface area contributed by atoms with Crippen molar-refractivity contribution in [2.45, 2.75) is 36.4 Å². The molecule has 8 nitrogen and oxygen atoms in total. The number of carbonyl (C=O) groups is 2. The third-order valence-corrected chi connectivity index (χ3v) is 9.37. The van der Waals surface area contributed by atoms with Gasteiger partial charge in [0.1, 0.15) is 10.3 Å². The Bertz CT molecular complexity index is 1080. The molecule has 2 saturated heterocycles. The van der Waals surface area contributed by atoms with Gasteiger partial charge in [-0.25, -0.2) is 13.3 Å². The monoisotopic (exact) mass is 491 g/mol. The SMILES string of the molecule is CC(C)c1ccc(N2C(=O)CC(N(CCN3CCOCC3)S(=O)(=O)c3cccs3)C2=O)cc1. The van der Waals surface area contributed by atoms with Crippen LogP contribution in [0, 0.1) is 0 Å². The zero-order chi connectivity index (χ0) is 23.6. The van der Waals surface area contributed by atoms with E-state index in [1.54, 1.807) is 23.6 Å². The van der Waals surface area contributed by atoms with Gasteiger partial charge in [0.15, 0.2) is 0 Å². The van der Waals surface area contributed by atoms with Crippen molar-refractivity contribution in [3.63, 3.8) is 0 Å². The van der Waals surface area contributed by atoms with Crippen LogP contribution in [-0.4, -0.2) is 74.9 Å². The second-order valence-electron chi connectivity index (χ2n) is 8.54. The normalized spacial score (nSPS) is 20.4. The van der Waals surface area contributed by atoms with E-state index in [0.29, 0.717) is 44.5 Å². The van der Waals surface area contributed by atoms with E-state index in [-0.39, 0.29) is 23.1 Å². The zero-order valence-electron chi connectivity index (χ0n) is 18.8. The molecule has 0 bridgehead atoms. The maximum atomic E-state index is 13.5. The Morgan fingerprint density at radius 1 is 1.12 bits per heavy atom. The summed E-state index contributed by atoms with van der Waals surface area (Å²) in [6.07, 6.45) is -0.168. The lowest BCUT2D eigenvalue weighted by Gasteiger charge is -2.31. The predicted molar refractivity (Wildman–Crippen MR) is 127 cm³/mol. The van der Waals surface area contributed by atoms with Gasteiger partial charge in [0.05, 0.1) is 25.3 Å². The Kier molecular flexibility index (Phi) is 7.30. The van der Waals surface area contributed by atoms with E-state index in [9.17, 15) is 18.0 Å². The van der Waals surface area contributed by atoms with Gasteiger partial charge in [-0.15, -0.1) is 11.3 Å². The Morgan fingerprint density at radius 2 is 1.82 bits per heavy atom.